The predicted octanol–water partition coefficient (Wildman–Crippen LogP) is 2.44. The molecule has 0 aromatic carbocycles. The van der Waals surface area contributed by atoms with Crippen molar-refractivity contribution in [2.45, 2.75) is 13.3 Å². The van der Waals surface area contributed by atoms with Crippen LogP contribution in [0.1, 0.15) is 17.7 Å². The first-order chi connectivity index (χ1) is 7.91. The first kappa shape index (κ1) is 13.1. The molecule has 0 bridgehead atoms. The number of pyridine rings is 1. The van der Waals surface area contributed by atoms with Gasteiger partial charge in [-0.25, -0.2) is 4.98 Å². The van der Waals surface area contributed by atoms with Crippen LogP contribution in [-0.2, 0) is 4.79 Å². The molecule has 0 radical (unpaired) electrons. The van der Waals surface area contributed by atoms with Crippen molar-refractivity contribution < 1.29 is 14.8 Å². The predicted molar refractivity (Wildman–Crippen MR) is 61.9 cm³/mol. The molecule has 0 atom stereocenters. The maximum absolute atomic E-state index is 10.7. The van der Waals surface area contributed by atoms with E-state index in [0.29, 0.717) is 5.56 Å². The van der Waals surface area contributed by atoms with E-state index in [9.17, 15) is 14.9 Å². The van der Waals surface area contributed by atoms with E-state index >= 15 is 0 Å². The molecule has 6 nitrogen and oxygen atoms in total. The van der Waals surface area contributed by atoms with Gasteiger partial charge in [0.2, 0.25) is 0 Å². The van der Waals surface area contributed by atoms with Crippen LogP contribution in [0.4, 0.5) is 5.69 Å². The third kappa shape index (κ3) is 3.53. The fraction of sp³-hybridized carbons (Fsp3) is 0.200. The molecular weight excluding hydrogens is 248 g/mol. The molecule has 7 heteroatoms. The molecular formula is C10H9ClN2O4. The van der Waals surface area contributed by atoms with E-state index in [4.69, 9.17) is 16.7 Å². The Balaban J connectivity index is 3.07. The first-order valence-electron chi connectivity index (χ1n) is 4.61. The Bertz CT molecular complexity index is 499. The van der Waals surface area contributed by atoms with Crippen molar-refractivity contribution in [3.63, 3.8) is 0 Å². The molecule has 1 rings (SSSR count). The normalized spacial score (nSPS) is 10.7. The summed E-state index contributed by atoms with van der Waals surface area (Å²) in [5.41, 5.74) is 0.393. The molecule has 1 N–H and O–H groups in total. The summed E-state index contributed by atoms with van der Waals surface area (Å²) >= 11 is 5.79. The fourth-order valence-corrected chi connectivity index (χ4v) is 1.41. The van der Waals surface area contributed by atoms with Crippen molar-refractivity contribution in [2.75, 3.05) is 0 Å². The smallest absolute Gasteiger partial charge is 0.307 e. The largest absolute Gasteiger partial charge is 0.481 e. The highest BCUT2D eigenvalue weighted by Gasteiger charge is 2.14. The van der Waals surface area contributed by atoms with Crippen molar-refractivity contribution in [3.8, 4) is 0 Å². The third-order valence-corrected chi connectivity index (χ3v) is 2.26. The molecule has 0 aliphatic heterocycles. The van der Waals surface area contributed by atoms with Gasteiger partial charge in [0.1, 0.15) is 10.8 Å². The summed E-state index contributed by atoms with van der Waals surface area (Å²) in [6.45, 7) is 1.48. The first-order valence-corrected chi connectivity index (χ1v) is 4.99. The molecule has 1 heterocycles. The molecule has 0 unspecified atom stereocenters. The zero-order valence-electron chi connectivity index (χ0n) is 8.88. The van der Waals surface area contributed by atoms with Gasteiger partial charge in [-0.2, -0.15) is 0 Å². The van der Waals surface area contributed by atoms with Gasteiger partial charge in [-0.15, -0.1) is 0 Å². The number of aliphatic carboxylic acids is 1. The highest BCUT2D eigenvalue weighted by Crippen LogP contribution is 2.24. The Morgan fingerprint density at radius 3 is 2.88 bits per heavy atom. The lowest BCUT2D eigenvalue weighted by Crippen LogP contribution is -1.96. The summed E-state index contributed by atoms with van der Waals surface area (Å²) in [7, 11) is 0. The fourth-order valence-electron chi connectivity index (χ4n) is 1.17. The molecule has 0 aliphatic carbocycles. The van der Waals surface area contributed by atoms with Crippen LogP contribution in [-0.4, -0.2) is 21.0 Å². The van der Waals surface area contributed by atoms with Crippen molar-refractivity contribution in [3.05, 3.63) is 38.7 Å². The zero-order chi connectivity index (χ0) is 13.0. The number of hydrogen-bond acceptors (Lipinski definition) is 4. The van der Waals surface area contributed by atoms with Crippen molar-refractivity contribution in [1.82, 2.24) is 4.98 Å². The van der Waals surface area contributed by atoms with Crippen LogP contribution in [0.5, 0.6) is 0 Å². The highest BCUT2D eigenvalue weighted by atomic mass is 35.5. The number of carboxylic acids is 1. The number of aryl methyl sites for hydroxylation is 1. The average molecular weight is 257 g/mol. The van der Waals surface area contributed by atoms with Crippen molar-refractivity contribution in [1.29, 1.82) is 0 Å². The molecule has 0 fully saturated rings. The van der Waals surface area contributed by atoms with E-state index in [2.05, 4.69) is 4.98 Å². The number of carbonyl (C=O) groups is 1. The number of aromatic nitrogens is 1. The van der Waals surface area contributed by atoms with Crippen LogP contribution in [0.3, 0.4) is 0 Å². The van der Waals surface area contributed by atoms with Crippen LogP contribution in [0.2, 0.25) is 5.15 Å². The van der Waals surface area contributed by atoms with E-state index < -0.39 is 10.9 Å². The van der Waals surface area contributed by atoms with Crippen molar-refractivity contribution >= 4 is 29.3 Å². The number of hydrogen-bond donors (Lipinski definition) is 1. The summed E-state index contributed by atoms with van der Waals surface area (Å²) in [6.07, 6.45) is 2.57. The number of rotatable bonds is 4. The van der Waals surface area contributed by atoms with Crippen LogP contribution in [0.25, 0.3) is 6.08 Å². The lowest BCUT2D eigenvalue weighted by Gasteiger charge is -2.00. The maximum Gasteiger partial charge on any atom is 0.307 e. The van der Waals surface area contributed by atoms with Gasteiger partial charge in [0.25, 0.3) is 5.69 Å². The van der Waals surface area contributed by atoms with Gasteiger partial charge >= 0.3 is 5.97 Å². The lowest BCUT2D eigenvalue weighted by molar-refractivity contribution is -0.385. The quantitative estimate of drug-likeness (QED) is 0.507. The van der Waals surface area contributed by atoms with E-state index in [-0.39, 0.29) is 23.0 Å². The molecule has 0 saturated carbocycles. The SMILES string of the molecule is Cc1nc(Cl)c(C=CCC(=O)O)cc1[N+](=O)[O-]. The van der Waals surface area contributed by atoms with Crippen LogP contribution in [0, 0.1) is 17.0 Å². The zero-order valence-corrected chi connectivity index (χ0v) is 9.64. The van der Waals surface area contributed by atoms with E-state index in [1.807, 2.05) is 0 Å². The van der Waals surface area contributed by atoms with Gasteiger partial charge in [-0.3, -0.25) is 14.9 Å². The number of nitrogens with zero attached hydrogens (tertiary/aromatic N) is 2. The molecule has 0 aliphatic rings. The summed E-state index contributed by atoms with van der Waals surface area (Å²) in [5, 5.41) is 19.2. The molecule has 90 valence electrons. The summed E-state index contributed by atoms with van der Waals surface area (Å²) in [5.74, 6) is -0.994. The van der Waals surface area contributed by atoms with Crippen LogP contribution < -0.4 is 0 Å². The second-order valence-electron chi connectivity index (χ2n) is 3.23. The Morgan fingerprint density at radius 2 is 2.35 bits per heavy atom. The average Bonchev–Trinajstić information content (AvgIpc) is 2.20. The van der Waals surface area contributed by atoms with Gasteiger partial charge in [-0.05, 0) is 6.92 Å². The summed E-state index contributed by atoms with van der Waals surface area (Å²) in [6, 6.07) is 1.27. The maximum atomic E-state index is 10.7. The molecule has 1 aromatic rings. The molecule has 1 aromatic heterocycles. The minimum absolute atomic E-state index is 0.106. The van der Waals surface area contributed by atoms with Crippen molar-refractivity contribution in [2.24, 2.45) is 0 Å². The molecule has 0 saturated heterocycles. The minimum atomic E-state index is -0.994. The van der Waals surface area contributed by atoms with Crippen LogP contribution in [0.15, 0.2) is 12.1 Å². The Hall–Kier alpha value is -1.95. The van der Waals surface area contributed by atoms with E-state index in [0.717, 1.165) is 0 Å². The lowest BCUT2D eigenvalue weighted by atomic mass is 10.2. The third-order valence-electron chi connectivity index (χ3n) is 1.95. The van der Waals surface area contributed by atoms with Gasteiger partial charge in [0, 0.05) is 11.6 Å². The number of halogens is 1. The number of nitro groups is 1. The highest BCUT2D eigenvalue weighted by molar-refractivity contribution is 6.30. The van der Waals surface area contributed by atoms with Gasteiger partial charge in [0.05, 0.1) is 11.3 Å². The Kier molecular flexibility index (Phi) is 4.17. The second kappa shape index (κ2) is 5.40. The molecule has 17 heavy (non-hydrogen) atoms. The van der Waals surface area contributed by atoms with Gasteiger partial charge in [-0.1, -0.05) is 23.8 Å². The summed E-state index contributed by atoms with van der Waals surface area (Å²) < 4.78 is 0. The second-order valence-corrected chi connectivity index (χ2v) is 3.59. The monoisotopic (exact) mass is 256 g/mol. The Labute approximate surface area is 102 Å². The molecule has 0 amide bonds. The van der Waals surface area contributed by atoms with Crippen LogP contribution >= 0.6 is 11.6 Å². The van der Waals surface area contributed by atoms with Gasteiger partial charge in [0.15, 0.2) is 0 Å². The van der Waals surface area contributed by atoms with Gasteiger partial charge < -0.3 is 5.11 Å². The van der Waals surface area contributed by atoms with E-state index in [1.165, 1.54) is 25.1 Å². The Morgan fingerprint density at radius 1 is 1.71 bits per heavy atom. The summed E-state index contributed by atoms with van der Waals surface area (Å²) in [4.78, 5) is 24.2. The minimum Gasteiger partial charge on any atom is -0.481 e. The topological polar surface area (TPSA) is 93.3 Å². The number of carboxylic acid groups (broad SMARTS) is 1. The van der Waals surface area contributed by atoms with E-state index in [1.54, 1.807) is 0 Å². The standard InChI is InChI=1S/C10H9ClN2O4/c1-6-8(13(16)17)5-7(10(11)12-6)3-2-4-9(14)15/h2-3,5H,4H2,1H3,(H,14,15). The molecule has 0 spiro atoms.